The van der Waals surface area contributed by atoms with Crippen molar-refractivity contribution in [3.63, 3.8) is 0 Å². The second-order valence-corrected chi connectivity index (χ2v) is 4.79. The van der Waals surface area contributed by atoms with Crippen LogP contribution in [0.25, 0.3) is 0 Å². The summed E-state index contributed by atoms with van der Waals surface area (Å²) in [6.07, 6.45) is -3.09. The van der Waals surface area contributed by atoms with E-state index in [0.29, 0.717) is 6.54 Å². The van der Waals surface area contributed by atoms with Gasteiger partial charge < -0.3 is 15.1 Å². The van der Waals surface area contributed by atoms with E-state index in [2.05, 4.69) is 15.3 Å². The lowest BCUT2D eigenvalue weighted by atomic mass is 10.2. The summed E-state index contributed by atoms with van der Waals surface area (Å²) in [5.41, 5.74) is -0.769. The zero-order valence-electron chi connectivity index (χ0n) is 12.6. The van der Waals surface area contributed by atoms with Gasteiger partial charge in [0.25, 0.3) is 0 Å². The highest BCUT2D eigenvalue weighted by Crippen LogP contribution is 2.33. The summed E-state index contributed by atoms with van der Waals surface area (Å²) in [5.74, 6) is 0.574. The molecule has 0 saturated carbocycles. The monoisotopic (exact) mass is 303 g/mol. The lowest BCUT2D eigenvalue weighted by Gasteiger charge is -2.22. The summed E-state index contributed by atoms with van der Waals surface area (Å²) in [6, 6.07) is 2.27. The molecule has 1 N–H and O–H groups in total. The molecule has 8 heteroatoms. The van der Waals surface area contributed by atoms with E-state index in [1.54, 1.807) is 0 Å². The quantitative estimate of drug-likeness (QED) is 0.525. The molecule has 5 nitrogen and oxygen atoms in total. The first-order valence-corrected chi connectivity index (χ1v) is 6.38. The fourth-order valence-electron chi connectivity index (χ4n) is 1.79. The van der Waals surface area contributed by atoms with E-state index in [-0.39, 0.29) is 12.4 Å². The van der Waals surface area contributed by atoms with Crippen LogP contribution in [0.4, 0.5) is 19.0 Å². The highest BCUT2D eigenvalue weighted by Gasteiger charge is 2.33. The Kier molecular flexibility index (Phi) is 5.80. The Hall–Kier alpha value is -1.99. The van der Waals surface area contributed by atoms with Crippen LogP contribution in [0.5, 0.6) is 0 Å². The first-order valence-electron chi connectivity index (χ1n) is 6.38. The number of pyridine rings is 1. The molecular formula is C13H20F3N5. The van der Waals surface area contributed by atoms with Crippen molar-refractivity contribution in [1.29, 1.82) is 0 Å². The van der Waals surface area contributed by atoms with E-state index in [0.717, 1.165) is 12.0 Å². The second kappa shape index (κ2) is 7.14. The molecule has 1 heterocycles. The van der Waals surface area contributed by atoms with E-state index in [1.165, 1.54) is 12.3 Å². The van der Waals surface area contributed by atoms with E-state index in [1.807, 2.05) is 38.0 Å². The summed E-state index contributed by atoms with van der Waals surface area (Å²) in [6.45, 7) is 0.616. The number of hydrogen-bond acceptors (Lipinski definition) is 3. The molecule has 0 unspecified atom stereocenters. The van der Waals surface area contributed by atoms with Gasteiger partial charge in [-0.25, -0.2) is 4.98 Å². The van der Waals surface area contributed by atoms with E-state index in [4.69, 9.17) is 0 Å². The maximum atomic E-state index is 12.8. The average molecular weight is 303 g/mol. The van der Waals surface area contributed by atoms with Crippen LogP contribution >= 0.6 is 0 Å². The zero-order valence-corrected chi connectivity index (χ0v) is 12.6. The molecule has 1 rings (SSSR count). The fourth-order valence-corrected chi connectivity index (χ4v) is 1.79. The molecule has 0 bridgehead atoms. The number of nitrogens with zero attached hydrogens (tertiary/aromatic N) is 4. The molecule has 0 aliphatic rings. The number of rotatable bonds is 4. The molecule has 0 fully saturated rings. The van der Waals surface area contributed by atoms with Gasteiger partial charge in [0, 0.05) is 40.9 Å². The first-order chi connectivity index (χ1) is 9.73. The minimum Gasteiger partial charge on any atom is -0.368 e. The van der Waals surface area contributed by atoms with Crippen molar-refractivity contribution in [2.24, 2.45) is 4.99 Å². The maximum absolute atomic E-state index is 12.8. The van der Waals surface area contributed by atoms with Gasteiger partial charge in [-0.1, -0.05) is 0 Å². The van der Waals surface area contributed by atoms with Crippen molar-refractivity contribution in [1.82, 2.24) is 14.8 Å². The predicted octanol–water partition coefficient (Wildman–Crippen LogP) is 1.99. The Morgan fingerprint density at radius 2 is 1.86 bits per heavy atom. The molecule has 0 atom stereocenters. The molecule has 21 heavy (non-hydrogen) atoms. The Labute approximate surface area is 122 Å². The summed E-state index contributed by atoms with van der Waals surface area (Å²) < 4.78 is 38.3. The van der Waals surface area contributed by atoms with Gasteiger partial charge in [-0.3, -0.25) is 4.99 Å². The average Bonchev–Trinajstić information content (AvgIpc) is 2.36. The third kappa shape index (κ3) is 5.13. The zero-order chi connectivity index (χ0) is 16.0. The molecule has 0 spiro atoms. The number of aromatic nitrogens is 1. The standard InChI is InChI=1S/C13H20F3N5/c1-20(2)12(21(3)4)19-9-8-18-11-10(13(14,15)16)6-5-7-17-11/h5-7H,8-9H2,1-4H3,(H,17,18). The van der Waals surface area contributed by atoms with Crippen LogP contribution in [-0.4, -0.2) is 62.0 Å². The minimum atomic E-state index is -4.42. The predicted molar refractivity (Wildman–Crippen MR) is 77.4 cm³/mol. The summed E-state index contributed by atoms with van der Waals surface area (Å²) in [5, 5.41) is 2.68. The van der Waals surface area contributed by atoms with Crippen molar-refractivity contribution >= 4 is 11.8 Å². The SMILES string of the molecule is CN(C)C(=NCCNc1ncccc1C(F)(F)F)N(C)C. The van der Waals surface area contributed by atoms with E-state index < -0.39 is 11.7 Å². The summed E-state index contributed by atoms with van der Waals surface area (Å²) in [7, 11) is 7.42. The number of guanidine groups is 1. The molecule has 0 aliphatic carbocycles. The van der Waals surface area contributed by atoms with Gasteiger partial charge in [0.2, 0.25) is 0 Å². The second-order valence-electron chi connectivity index (χ2n) is 4.79. The van der Waals surface area contributed by atoms with Gasteiger partial charge in [-0.05, 0) is 12.1 Å². The van der Waals surface area contributed by atoms with Crippen LogP contribution in [-0.2, 0) is 6.18 Å². The van der Waals surface area contributed by atoms with Crippen LogP contribution in [0, 0.1) is 0 Å². The Bertz CT molecular complexity index is 473. The molecular weight excluding hydrogens is 283 g/mol. The van der Waals surface area contributed by atoms with Crippen LogP contribution in [0.2, 0.25) is 0 Å². The van der Waals surface area contributed by atoms with Crippen molar-refractivity contribution in [3.8, 4) is 0 Å². The third-order valence-electron chi connectivity index (χ3n) is 2.57. The number of alkyl halides is 3. The lowest BCUT2D eigenvalue weighted by Crippen LogP contribution is -2.35. The Morgan fingerprint density at radius 1 is 1.24 bits per heavy atom. The topological polar surface area (TPSA) is 43.8 Å². The molecule has 0 aromatic carbocycles. The summed E-state index contributed by atoms with van der Waals surface area (Å²) in [4.78, 5) is 11.7. The van der Waals surface area contributed by atoms with Crippen molar-refractivity contribution in [2.75, 3.05) is 46.6 Å². The van der Waals surface area contributed by atoms with Crippen LogP contribution < -0.4 is 5.32 Å². The lowest BCUT2D eigenvalue weighted by molar-refractivity contribution is -0.137. The van der Waals surface area contributed by atoms with Gasteiger partial charge >= 0.3 is 6.18 Å². The molecule has 1 aromatic rings. The van der Waals surface area contributed by atoms with E-state index in [9.17, 15) is 13.2 Å². The molecule has 0 aliphatic heterocycles. The maximum Gasteiger partial charge on any atom is 0.419 e. The Morgan fingerprint density at radius 3 is 2.38 bits per heavy atom. The van der Waals surface area contributed by atoms with Gasteiger partial charge in [-0.2, -0.15) is 13.2 Å². The summed E-state index contributed by atoms with van der Waals surface area (Å²) >= 11 is 0. The van der Waals surface area contributed by atoms with Crippen molar-refractivity contribution in [2.45, 2.75) is 6.18 Å². The van der Waals surface area contributed by atoms with Crippen LogP contribution in [0.15, 0.2) is 23.3 Å². The number of nitrogens with one attached hydrogen (secondary N) is 1. The minimum absolute atomic E-state index is 0.170. The molecule has 1 aromatic heterocycles. The molecule has 0 radical (unpaired) electrons. The number of anilines is 1. The first kappa shape index (κ1) is 17.1. The van der Waals surface area contributed by atoms with Gasteiger partial charge in [-0.15, -0.1) is 0 Å². The fraction of sp³-hybridized carbons (Fsp3) is 0.538. The highest BCUT2D eigenvalue weighted by molar-refractivity contribution is 5.79. The van der Waals surface area contributed by atoms with Crippen LogP contribution in [0.1, 0.15) is 5.56 Å². The highest BCUT2D eigenvalue weighted by atomic mass is 19.4. The number of aliphatic imine (C=N–C) groups is 1. The van der Waals surface area contributed by atoms with E-state index >= 15 is 0 Å². The van der Waals surface area contributed by atoms with Crippen molar-refractivity contribution in [3.05, 3.63) is 23.9 Å². The Balaban J connectivity index is 2.67. The van der Waals surface area contributed by atoms with Gasteiger partial charge in [0.15, 0.2) is 5.96 Å². The smallest absolute Gasteiger partial charge is 0.368 e. The molecule has 0 saturated heterocycles. The normalized spacial score (nSPS) is 11.0. The van der Waals surface area contributed by atoms with Crippen molar-refractivity contribution < 1.29 is 13.2 Å². The molecule has 118 valence electrons. The number of hydrogen-bond donors (Lipinski definition) is 1. The van der Waals surface area contributed by atoms with Gasteiger partial charge in [0.1, 0.15) is 5.82 Å². The molecule has 0 amide bonds. The number of halogens is 3. The van der Waals surface area contributed by atoms with Gasteiger partial charge in [0.05, 0.1) is 12.1 Å². The largest absolute Gasteiger partial charge is 0.419 e. The van der Waals surface area contributed by atoms with Crippen LogP contribution in [0.3, 0.4) is 0 Å². The third-order valence-corrected chi connectivity index (χ3v) is 2.57.